The summed E-state index contributed by atoms with van der Waals surface area (Å²) in [6, 6.07) is 6.25. The van der Waals surface area contributed by atoms with E-state index < -0.39 is 12.0 Å². The van der Waals surface area contributed by atoms with Crippen molar-refractivity contribution in [2.45, 2.75) is 32.7 Å². The minimum Gasteiger partial charge on any atom is -0.480 e. The van der Waals surface area contributed by atoms with E-state index in [1.807, 2.05) is 12.1 Å². The summed E-state index contributed by atoms with van der Waals surface area (Å²) in [5, 5.41) is 12.2. The molecule has 6 nitrogen and oxygen atoms in total. The van der Waals surface area contributed by atoms with Crippen LogP contribution in [-0.2, 0) is 16.0 Å². The standard InChI is InChI=1S/C17H19ClN2O4/c1-10(2)16(17(22)23)20-14(21)7-8-15-19-9-13(24-15)11-3-5-12(18)6-4-11/h3-6,9-10,16H,7-8H2,1-2H3,(H,20,21)(H,22,23)/t16-/m1/s1. The van der Waals surface area contributed by atoms with Gasteiger partial charge in [-0.25, -0.2) is 9.78 Å². The summed E-state index contributed by atoms with van der Waals surface area (Å²) in [6.07, 6.45) is 1.99. The number of carboxylic acid groups (broad SMARTS) is 1. The lowest BCUT2D eigenvalue weighted by Gasteiger charge is -2.17. The zero-order valence-corrected chi connectivity index (χ0v) is 14.2. The maximum Gasteiger partial charge on any atom is 0.326 e. The first-order valence-electron chi connectivity index (χ1n) is 7.59. The maximum atomic E-state index is 11.9. The average Bonchev–Trinajstić information content (AvgIpc) is 2.99. The van der Waals surface area contributed by atoms with Gasteiger partial charge in [0.1, 0.15) is 6.04 Å². The summed E-state index contributed by atoms with van der Waals surface area (Å²) in [4.78, 5) is 27.1. The highest BCUT2D eigenvalue weighted by Crippen LogP contribution is 2.22. The van der Waals surface area contributed by atoms with Crippen molar-refractivity contribution in [2.75, 3.05) is 0 Å². The molecule has 128 valence electrons. The van der Waals surface area contributed by atoms with Crippen molar-refractivity contribution in [3.8, 4) is 11.3 Å². The zero-order valence-electron chi connectivity index (χ0n) is 13.5. The molecule has 0 unspecified atom stereocenters. The first-order valence-corrected chi connectivity index (χ1v) is 7.97. The van der Waals surface area contributed by atoms with Crippen LogP contribution >= 0.6 is 11.6 Å². The fourth-order valence-electron chi connectivity index (χ4n) is 2.15. The molecule has 1 aromatic carbocycles. The second-order valence-corrected chi connectivity index (χ2v) is 6.19. The van der Waals surface area contributed by atoms with E-state index in [-0.39, 0.29) is 18.2 Å². The molecule has 0 saturated carbocycles. The van der Waals surface area contributed by atoms with E-state index in [1.165, 1.54) is 0 Å². The number of nitrogens with zero attached hydrogens (tertiary/aromatic N) is 1. The Balaban J connectivity index is 1.92. The Labute approximate surface area is 144 Å². The number of aromatic nitrogens is 1. The number of aryl methyl sites for hydroxylation is 1. The van der Waals surface area contributed by atoms with Gasteiger partial charge in [-0.15, -0.1) is 0 Å². The number of carboxylic acids is 1. The molecule has 0 fully saturated rings. The van der Waals surface area contributed by atoms with Gasteiger partial charge in [-0.2, -0.15) is 0 Å². The van der Waals surface area contributed by atoms with Crippen LogP contribution in [-0.4, -0.2) is 28.0 Å². The van der Waals surface area contributed by atoms with E-state index in [9.17, 15) is 9.59 Å². The molecule has 1 atom stereocenters. The smallest absolute Gasteiger partial charge is 0.326 e. The molecule has 1 heterocycles. The van der Waals surface area contributed by atoms with E-state index >= 15 is 0 Å². The van der Waals surface area contributed by atoms with E-state index in [4.69, 9.17) is 21.1 Å². The molecular weight excluding hydrogens is 332 g/mol. The predicted molar refractivity (Wildman–Crippen MR) is 89.7 cm³/mol. The number of carbonyl (C=O) groups excluding carboxylic acids is 1. The molecule has 2 aromatic rings. The number of nitrogens with one attached hydrogen (secondary N) is 1. The number of aliphatic carboxylic acids is 1. The molecule has 2 N–H and O–H groups in total. The van der Waals surface area contributed by atoms with Crippen molar-refractivity contribution in [2.24, 2.45) is 5.92 Å². The van der Waals surface area contributed by atoms with Crippen LogP contribution in [0.15, 0.2) is 34.9 Å². The van der Waals surface area contributed by atoms with Crippen LogP contribution in [0.1, 0.15) is 26.2 Å². The number of rotatable bonds is 7. The Morgan fingerprint density at radius 2 is 1.96 bits per heavy atom. The van der Waals surface area contributed by atoms with Crippen molar-refractivity contribution in [3.05, 3.63) is 41.4 Å². The van der Waals surface area contributed by atoms with Crippen LogP contribution in [0.5, 0.6) is 0 Å². The van der Waals surface area contributed by atoms with Gasteiger partial charge in [-0.05, 0) is 30.2 Å². The number of benzene rings is 1. The van der Waals surface area contributed by atoms with Gasteiger partial charge in [-0.1, -0.05) is 25.4 Å². The van der Waals surface area contributed by atoms with Crippen LogP contribution in [0.25, 0.3) is 11.3 Å². The Hall–Kier alpha value is -2.34. The number of hydrogen-bond acceptors (Lipinski definition) is 4. The number of hydrogen-bond donors (Lipinski definition) is 2. The maximum absolute atomic E-state index is 11.9. The lowest BCUT2D eigenvalue weighted by Crippen LogP contribution is -2.44. The number of oxazole rings is 1. The molecule has 24 heavy (non-hydrogen) atoms. The Kier molecular flexibility index (Phi) is 5.98. The van der Waals surface area contributed by atoms with Crippen molar-refractivity contribution >= 4 is 23.5 Å². The van der Waals surface area contributed by atoms with Crippen molar-refractivity contribution in [1.29, 1.82) is 0 Å². The van der Waals surface area contributed by atoms with E-state index in [2.05, 4.69) is 10.3 Å². The molecule has 0 spiro atoms. The average molecular weight is 351 g/mol. The summed E-state index contributed by atoms with van der Waals surface area (Å²) in [6.45, 7) is 3.48. The first-order chi connectivity index (χ1) is 11.4. The number of halogens is 1. The monoisotopic (exact) mass is 350 g/mol. The van der Waals surface area contributed by atoms with Crippen LogP contribution < -0.4 is 5.32 Å². The lowest BCUT2D eigenvalue weighted by molar-refractivity contribution is -0.143. The fraction of sp³-hybridized carbons (Fsp3) is 0.353. The summed E-state index contributed by atoms with van der Waals surface area (Å²) in [5.74, 6) is -0.564. The quantitative estimate of drug-likeness (QED) is 0.800. The SMILES string of the molecule is CC(C)[C@@H](NC(=O)CCc1ncc(-c2ccc(Cl)cc2)o1)C(=O)O. The zero-order chi connectivity index (χ0) is 17.7. The molecule has 0 bridgehead atoms. The molecule has 0 aliphatic heterocycles. The second kappa shape index (κ2) is 7.97. The largest absolute Gasteiger partial charge is 0.480 e. The lowest BCUT2D eigenvalue weighted by atomic mass is 10.0. The minimum atomic E-state index is -1.04. The highest BCUT2D eigenvalue weighted by molar-refractivity contribution is 6.30. The Bertz CT molecular complexity index is 710. The van der Waals surface area contributed by atoms with Crippen LogP contribution in [0.4, 0.5) is 0 Å². The molecule has 2 rings (SSSR count). The first kappa shape index (κ1) is 18.0. The van der Waals surface area contributed by atoms with Gasteiger partial charge in [0.05, 0.1) is 6.20 Å². The molecular formula is C17H19ClN2O4. The van der Waals surface area contributed by atoms with Crippen LogP contribution in [0.2, 0.25) is 5.02 Å². The van der Waals surface area contributed by atoms with Gasteiger partial charge in [0, 0.05) is 23.4 Å². The molecule has 0 radical (unpaired) electrons. The van der Waals surface area contributed by atoms with Gasteiger partial charge in [-0.3, -0.25) is 4.79 Å². The fourth-order valence-corrected chi connectivity index (χ4v) is 2.28. The van der Waals surface area contributed by atoms with Gasteiger partial charge in [0.15, 0.2) is 11.7 Å². The molecule has 1 aromatic heterocycles. The van der Waals surface area contributed by atoms with E-state index in [0.29, 0.717) is 23.1 Å². The Morgan fingerprint density at radius 3 is 2.54 bits per heavy atom. The van der Waals surface area contributed by atoms with Crippen LogP contribution in [0.3, 0.4) is 0 Å². The van der Waals surface area contributed by atoms with Crippen molar-refractivity contribution in [1.82, 2.24) is 10.3 Å². The number of amides is 1. The second-order valence-electron chi connectivity index (χ2n) is 5.75. The third-order valence-corrected chi connectivity index (χ3v) is 3.75. The normalized spacial score (nSPS) is 12.2. The summed E-state index contributed by atoms with van der Waals surface area (Å²) >= 11 is 5.84. The number of carbonyl (C=O) groups is 2. The highest BCUT2D eigenvalue weighted by Gasteiger charge is 2.23. The molecule has 0 aliphatic carbocycles. The molecule has 1 amide bonds. The van der Waals surface area contributed by atoms with Crippen molar-refractivity contribution < 1.29 is 19.1 Å². The van der Waals surface area contributed by atoms with E-state index in [0.717, 1.165) is 5.56 Å². The Morgan fingerprint density at radius 1 is 1.29 bits per heavy atom. The predicted octanol–water partition coefficient (Wildman–Crippen LogP) is 3.15. The topological polar surface area (TPSA) is 92.4 Å². The van der Waals surface area contributed by atoms with E-state index in [1.54, 1.807) is 32.2 Å². The highest BCUT2D eigenvalue weighted by atomic mass is 35.5. The molecule has 0 aliphatic rings. The third-order valence-electron chi connectivity index (χ3n) is 3.50. The summed E-state index contributed by atoms with van der Waals surface area (Å²) in [7, 11) is 0. The van der Waals surface area contributed by atoms with Gasteiger partial charge < -0.3 is 14.8 Å². The summed E-state index contributed by atoms with van der Waals surface area (Å²) < 4.78 is 5.61. The third kappa shape index (κ3) is 4.83. The van der Waals surface area contributed by atoms with Crippen LogP contribution in [0, 0.1) is 5.92 Å². The molecule has 7 heteroatoms. The summed E-state index contributed by atoms with van der Waals surface area (Å²) in [5.41, 5.74) is 0.841. The van der Waals surface area contributed by atoms with Gasteiger partial charge >= 0.3 is 5.97 Å². The van der Waals surface area contributed by atoms with Gasteiger partial charge in [0.2, 0.25) is 5.91 Å². The van der Waals surface area contributed by atoms with Gasteiger partial charge in [0.25, 0.3) is 0 Å². The van der Waals surface area contributed by atoms with Crippen molar-refractivity contribution in [3.63, 3.8) is 0 Å². The minimum absolute atomic E-state index is 0.108. The molecule has 0 saturated heterocycles.